The van der Waals surface area contributed by atoms with Crippen molar-refractivity contribution in [3.63, 3.8) is 0 Å². The number of aliphatic hydroxyl groups is 1. The molecule has 0 fully saturated rings. The second-order valence-electron chi connectivity index (χ2n) is 3.26. The van der Waals surface area contributed by atoms with Gasteiger partial charge in [-0.2, -0.15) is 4.72 Å². The molecule has 2 N–H and O–H groups in total. The van der Waals surface area contributed by atoms with E-state index in [-0.39, 0.29) is 5.03 Å². The number of aromatic nitrogens is 2. The average Bonchev–Trinajstić information content (AvgIpc) is 2.72. The topological polar surface area (TPSA) is 111 Å². The van der Waals surface area contributed by atoms with Gasteiger partial charge in [-0.3, -0.25) is 4.79 Å². The predicted octanol–water partition coefficient (Wildman–Crippen LogP) is -1.77. The van der Waals surface area contributed by atoms with Crippen LogP contribution in [0, 0.1) is 0 Å². The molecule has 0 aromatic carbocycles. The summed E-state index contributed by atoms with van der Waals surface area (Å²) in [5, 5.41) is 8.66. The molecule has 96 valence electrons. The predicted molar refractivity (Wildman–Crippen MR) is 56.4 cm³/mol. The minimum atomic E-state index is -3.95. The average molecular weight is 263 g/mol. The summed E-state index contributed by atoms with van der Waals surface area (Å²) in [5.41, 5.74) is 0. The van der Waals surface area contributed by atoms with Crippen molar-refractivity contribution in [1.29, 1.82) is 0 Å². The minimum absolute atomic E-state index is 0.234. The Balaban J connectivity index is 2.89. The molecule has 1 heterocycles. The molecule has 9 heteroatoms. The van der Waals surface area contributed by atoms with E-state index in [0.717, 1.165) is 7.11 Å². The third kappa shape index (κ3) is 3.25. The lowest BCUT2D eigenvalue weighted by atomic mass is 10.3. The molecule has 0 aliphatic rings. The number of nitrogens with one attached hydrogen (secondary N) is 1. The zero-order valence-corrected chi connectivity index (χ0v) is 10.1. The highest BCUT2D eigenvalue weighted by Crippen LogP contribution is 2.05. The summed E-state index contributed by atoms with van der Waals surface area (Å²) in [6, 6.07) is -1.34. The molecule has 1 aromatic rings. The maximum absolute atomic E-state index is 11.7. The molecule has 0 saturated heterocycles. The Labute approximate surface area is 98.3 Å². The van der Waals surface area contributed by atoms with E-state index in [4.69, 9.17) is 5.11 Å². The first-order valence-electron chi connectivity index (χ1n) is 4.59. The summed E-state index contributed by atoms with van der Waals surface area (Å²) in [6.07, 6.45) is 2.58. The van der Waals surface area contributed by atoms with Crippen LogP contribution in [0.4, 0.5) is 0 Å². The van der Waals surface area contributed by atoms with Crippen molar-refractivity contribution >= 4 is 16.0 Å². The molecular weight excluding hydrogens is 250 g/mol. The molecule has 17 heavy (non-hydrogen) atoms. The lowest BCUT2D eigenvalue weighted by Crippen LogP contribution is -2.44. The molecule has 1 unspecified atom stereocenters. The Morgan fingerprint density at radius 2 is 2.35 bits per heavy atom. The summed E-state index contributed by atoms with van der Waals surface area (Å²) in [5.74, 6) is -0.869. The molecule has 1 rings (SSSR count). The third-order valence-electron chi connectivity index (χ3n) is 1.92. The summed E-state index contributed by atoms with van der Waals surface area (Å²) < 4.78 is 31.2. The van der Waals surface area contributed by atoms with E-state index in [0.29, 0.717) is 0 Å². The molecule has 0 amide bonds. The Morgan fingerprint density at radius 3 is 2.76 bits per heavy atom. The van der Waals surface area contributed by atoms with Crippen molar-refractivity contribution in [3.05, 3.63) is 12.5 Å². The number of hydrogen-bond acceptors (Lipinski definition) is 6. The quantitative estimate of drug-likeness (QED) is 0.608. The summed E-state index contributed by atoms with van der Waals surface area (Å²) in [7, 11) is -1.24. The van der Waals surface area contributed by atoms with Gasteiger partial charge < -0.3 is 14.4 Å². The molecular formula is C8H13N3O5S. The Kier molecular flexibility index (Phi) is 4.21. The second-order valence-corrected chi connectivity index (χ2v) is 4.92. The van der Waals surface area contributed by atoms with Gasteiger partial charge in [0, 0.05) is 13.2 Å². The molecule has 0 spiro atoms. The molecule has 8 nitrogen and oxygen atoms in total. The van der Waals surface area contributed by atoms with Gasteiger partial charge in [0.05, 0.1) is 20.0 Å². The van der Waals surface area contributed by atoms with Gasteiger partial charge in [-0.25, -0.2) is 13.4 Å². The van der Waals surface area contributed by atoms with Gasteiger partial charge in [-0.15, -0.1) is 0 Å². The number of esters is 1. The first-order chi connectivity index (χ1) is 7.90. The third-order valence-corrected chi connectivity index (χ3v) is 3.28. The molecule has 0 aliphatic carbocycles. The van der Waals surface area contributed by atoms with Crippen molar-refractivity contribution in [2.75, 3.05) is 13.7 Å². The van der Waals surface area contributed by atoms with Crippen LogP contribution in [0.1, 0.15) is 0 Å². The van der Waals surface area contributed by atoms with E-state index in [1.807, 2.05) is 4.72 Å². The van der Waals surface area contributed by atoms with Gasteiger partial charge in [0.15, 0.2) is 5.03 Å². The maximum atomic E-state index is 11.7. The van der Waals surface area contributed by atoms with Gasteiger partial charge in [-0.05, 0) is 0 Å². The number of carbonyl (C=O) groups excluding carboxylic acids is 1. The fourth-order valence-electron chi connectivity index (χ4n) is 1.08. The number of aryl methyl sites for hydroxylation is 1. The highest BCUT2D eigenvalue weighted by atomic mass is 32.2. The van der Waals surface area contributed by atoms with E-state index in [9.17, 15) is 13.2 Å². The highest BCUT2D eigenvalue weighted by molar-refractivity contribution is 7.89. The number of hydrogen-bond donors (Lipinski definition) is 2. The number of aliphatic hydroxyl groups excluding tert-OH is 1. The van der Waals surface area contributed by atoms with Crippen LogP contribution < -0.4 is 4.72 Å². The van der Waals surface area contributed by atoms with Crippen LogP contribution in [0.5, 0.6) is 0 Å². The molecule has 0 radical (unpaired) electrons. The van der Waals surface area contributed by atoms with Crippen LogP contribution in [0.15, 0.2) is 17.6 Å². The Bertz CT molecular complexity index is 495. The Hall–Kier alpha value is -1.45. The SMILES string of the molecule is COC(=O)C(CO)NS(=O)(=O)c1cn(C)cn1. The summed E-state index contributed by atoms with van der Waals surface area (Å²) >= 11 is 0. The normalized spacial score (nSPS) is 13.4. The van der Waals surface area contributed by atoms with Crippen LogP contribution >= 0.6 is 0 Å². The number of rotatable bonds is 5. The fourth-order valence-corrected chi connectivity index (χ4v) is 2.23. The fraction of sp³-hybridized carbons (Fsp3) is 0.500. The van der Waals surface area contributed by atoms with Crippen LogP contribution in [0.2, 0.25) is 0 Å². The molecule has 1 atom stereocenters. The first kappa shape index (κ1) is 13.6. The number of carbonyl (C=O) groups is 1. The van der Waals surface area contributed by atoms with E-state index >= 15 is 0 Å². The molecule has 0 aliphatic heterocycles. The minimum Gasteiger partial charge on any atom is -0.468 e. The van der Waals surface area contributed by atoms with Gasteiger partial charge in [0.2, 0.25) is 0 Å². The lowest BCUT2D eigenvalue weighted by molar-refractivity contribution is -0.143. The zero-order chi connectivity index (χ0) is 13.1. The van der Waals surface area contributed by atoms with Crippen molar-refractivity contribution in [2.24, 2.45) is 7.05 Å². The largest absolute Gasteiger partial charge is 0.468 e. The van der Waals surface area contributed by atoms with E-state index < -0.39 is 28.6 Å². The van der Waals surface area contributed by atoms with E-state index in [1.165, 1.54) is 17.1 Å². The monoisotopic (exact) mass is 263 g/mol. The number of sulfonamides is 1. The van der Waals surface area contributed by atoms with Crippen LogP contribution in [-0.2, 0) is 26.6 Å². The van der Waals surface area contributed by atoms with Crippen LogP contribution in [0.25, 0.3) is 0 Å². The highest BCUT2D eigenvalue weighted by Gasteiger charge is 2.27. The lowest BCUT2D eigenvalue weighted by Gasteiger charge is -2.12. The van der Waals surface area contributed by atoms with Crippen LogP contribution in [0.3, 0.4) is 0 Å². The number of ether oxygens (including phenoxy) is 1. The van der Waals surface area contributed by atoms with Crippen molar-refractivity contribution in [2.45, 2.75) is 11.1 Å². The van der Waals surface area contributed by atoms with Crippen molar-refractivity contribution < 1.29 is 23.1 Å². The van der Waals surface area contributed by atoms with E-state index in [1.54, 1.807) is 7.05 Å². The van der Waals surface area contributed by atoms with Gasteiger partial charge in [0.25, 0.3) is 10.0 Å². The standard InChI is InChI=1S/C8H13N3O5S/c1-11-3-7(9-5-11)17(14,15)10-6(4-12)8(13)16-2/h3,5-6,10,12H,4H2,1-2H3. The molecule has 0 saturated carbocycles. The van der Waals surface area contributed by atoms with Crippen LogP contribution in [-0.4, -0.2) is 48.8 Å². The van der Waals surface area contributed by atoms with Crippen molar-refractivity contribution in [3.8, 4) is 0 Å². The molecule has 1 aromatic heterocycles. The summed E-state index contributed by atoms with van der Waals surface area (Å²) in [4.78, 5) is 14.8. The number of imidazole rings is 1. The zero-order valence-electron chi connectivity index (χ0n) is 9.32. The maximum Gasteiger partial charge on any atom is 0.326 e. The van der Waals surface area contributed by atoms with Gasteiger partial charge in [-0.1, -0.05) is 0 Å². The van der Waals surface area contributed by atoms with Gasteiger partial charge in [0.1, 0.15) is 6.04 Å². The smallest absolute Gasteiger partial charge is 0.326 e. The molecule has 0 bridgehead atoms. The second kappa shape index (κ2) is 5.25. The Morgan fingerprint density at radius 1 is 1.71 bits per heavy atom. The number of methoxy groups -OCH3 is 1. The number of nitrogens with zero attached hydrogens (tertiary/aromatic N) is 2. The van der Waals surface area contributed by atoms with E-state index in [2.05, 4.69) is 9.72 Å². The first-order valence-corrected chi connectivity index (χ1v) is 6.08. The summed E-state index contributed by atoms with van der Waals surface area (Å²) in [6.45, 7) is -0.696. The van der Waals surface area contributed by atoms with Crippen molar-refractivity contribution in [1.82, 2.24) is 14.3 Å². The van der Waals surface area contributed by atoms with Gasteiger partial charge >= 0.3 is 5.97 Å².